The van der Waals surface area contributed by atoms with E-state index in [0.717, 1.165) is 63.0 Å². The number of benzene rings is 1. The smallest absolute Gasteiger partial charge is 0.326 e. The number of nitrogens with one attached hydrogen (secondary N) is 2. The van der Waals surface area contributed by atoms with Crippen LogP contribution in [-0.2, 0) is 32.0 Å². The van der Waals surface area contributed by atoms with E-state index >= 15 is 0 Å². The number of hydrogen-bond donors (Lipinski definition) is 4. The molecule has 6 aliphatic rings. The second-order valence-corrected chi connectivity index (χ2v) is 11.5. The Hall–Kier alpha value is -2.98. The summed E-state index contributed by atoms with van der Waals surface area (Å²) >= 11 is 0. The molecule has 7 rings (SSSR count). The van der Waals surface area contributed by atoms with Gasteiger partial charge >= 0.3 is 11.9 Å². The number of carboxylic acid groups (broad SMARTS) is 2. The molecule has 2 unspecified atom stereocenters. The Morgan fingerprint density at radius 1 is 0.684 bits per heavy atom. The van der Waals surface area contributed by atoms with Gasteiger partial charge in [0.1, 0.15) is 12.1 Å². The van der Waals surface area contributed by atoms with Crippen LogP contribution in [0, 0.1) is 23.7 Å². The van der Waals surface area contributed by atoms with Gasteiger partial charge in [0, 0.05) is 24.9 Å². The van der Waals surface area contributed by atoms with Crippen molar-refractivity contribution in [3.05, 3.63) is 35.4 Å². The predicted octanol–water partition coefficient (Wildman–Crippen LogP) is 0.594. The number of aliphatic carboxylic acids is 2. The van der Waals surface area contributed by atoms with Crippen LogP contribution in [-0.4, -0.2) is 95.1 Å². The van der Waals surface area contributed by atoms with E-state index in [1.165, 1.54) is 0 Å². The van der Waals surface area contributed by atoms with Gasteiger partial charge in [0.05, 0.1) is 12.8 Å². The molecule has 0 aromatic heterocycles. The summed E-state index contributed by atoms with van der Waals surface area (Å²) in [7, 11) is 0. The highest BCUT2D eigenvalue weighted by Crippen LogP contribution is 2.35. The molecule has 206 valence electrons. The molecule has 2 amide bonds. The SMILES string of the molecule is O=C(Cc1ccc(CC(=O)NC(C(=O)O)[C@H]2CN3CCC2CC3)cc1)NC(C(=O)O)[C@H]1CN2CCC1CC2. The summed E-state index contributed by atoms with van der Waals surface area (Å²) in [6.45, 7) is 5.43. The van der Waals surface area contributed by atoms with Gasteiger partial charge in [-0.1, -0.05) is 24.3 Å². The Bertz CT molecular complexity index is 963. The van der Waals surface area contributed by atoms with Gasteiger partial charge in [0.15, 0.2) is 0 Å². The Morgan fingerprint density at radius 2 is 1.03 bits per heavy atom. The Labute approximate surface area is 222 Å². The van der Waals surface area contributed by atoms with Crippen molar-refractivity contribution in [2.24, 2.45) is 23.7 Å². The fraction of sp³-hybridized carbons (Fsp3) is 0.643. The monoisotopic (exact) mass is 526 g/mol. The van der Waals surface area contributed by atoms with Gasteiger partial charge in [-0.3, -0.25) is 9.59 Å². The van der Waals surface area contributed by atoms with Crippen LogP contribution in [0.5, 0.6) is 0 Å². The van der Waals surface area contributed by atoms with E-state index in [1.807, 2.05) is 0 Å². The van der Waals surface area contributed by atoms with E-state index in [9.17, 15) is 29.4 Å². The van der Waals surface area contributed by atoms with Crippen LogP contribution < -0.4 is 10.6 Å². The van der Waals surface area contributed by atoms with Crippen molar-refractivity contribution in [1.29, 1.82) is 0 Å². The molecule has 38 heavy (non-hydrogen) atoms. The van der Waals surface area contributed by atoms with Crippen molar-refractivity contribution in [2.75, 3.05) is 39.3 Å². The lowest BCUT2D eigenvalue weighted by molar-refractivity contribution is -0.146. The molecule has 6 fully saturated rings. The number of piperidine rings is 6. The molecule has 0 aliphatic carbocycles. The lowest BCUT2D eigenvalue weighted by atomic mass is 9.75. The van der Waals surface area contributed by atoms with Crippen molar-refractivity contribution in [2.45, 2.75) is 50.6 Å². The molecule has 6 heterocycles. The molecule has 6 aliphatic heterocycles. The fourth-order valence-electron chi connectivity index (χ4n) is 7.08. The Kier molecular flexibility index (Phi) is 7.99. The predicted molar refractivity (Wildman–Crippen MR) is 138 cm³/mol. The first-order valence-electron chi connectivity index (χ1n) is 13.8. The fourth-order valence-corrected chi connectivity index (χ4v) is 7.08. The molecule has 4 bridgehead atoms. The minimum absolute atomic E-state index is 0.0536. The number of fused-ring (bicyclic) bond motifs is 6. The minimum Gasteiger partial charge on any atom is -0.480 e. The zero-order valence-corrected chi connectivity index (χ0v) is 21.7. The molecule has 10 nitrogen and oxygen atoms in total. The highest BCUT2D eigenvalue weighted by atomic mass is 16.4. The van der Waals surface area contributed by atoms with Gasteiger partial charge in [0.25, 0.3) is 0 Å². The van der Waals surface area contributed by atoms with E-state index < -0.39 is 24.0 Å². The van der Waals surface area contributed by atoms with E-state index in [4.69, 9.17) is 0 Å². The summed E-state index contributed by atoms with van der Waals surface area (Å²) in [5.41, 5.74) is 1.45. The summed E-state index contributed by atoms with van der Waals surface area (Å²) in [5.74, 6) is -2.13. The number of carbonyl (C=O) groups excluding carboxylic acids is 2. The summed E-state index contributed by atoms with van der Waals surface area (Å²) in [6, 6.07) is 5.25. The van der Waals surface area contributed by atoms with Crippen molar-refractivity contribution in [3.63, 3.8) is 0 Å². The summed E-state index contributed by atoms with van der Waals surface area (Å²) in [5, 5.41) is 25.1. The van der Waals surface area contributed by atoms with Crippen molar-refractivity contribution in [3.8, 4) is 0 Å². The van der Waals surface area contributed by atoms with Crippen molar-refractivity contribution < 1.29 is 29.4 Å². The van der Waals surface area contributed by atoms with E-state index in [1.54, 1.807) is 24.3 Å². The third-order valence-corrected chi connectivity index (χ3v) is 9.19. The van der Waals surface area contributed by atoms with Crippen LogP contribution in [0.1, 0.15) is 36.8 Å². The summed E-state index contributed by atoms with van der Waals surface area (Å²) < 4.78 is 0. The highest BCUT2D eigenvalue weighted by molar-refractivity contribution is 5.86. The molecule has 6 saturated heterocycles. The minimum atomic E-state index is -0.989. The Balaban J connectivity index is 1.13. The molecule has 1 aromatic rings. The average molecular weight is 527 g/mol. The standard InChI is InChI=1S/C28H38N4O6/c33-23(29-25(27(35)36)21-15-31-9-5-19(21)6-10-31)13-17-1-2-18(4-3-17)14-24(34)30-26(28(37)38)22-16-32-11-7-20(22)8-12-32/h1-4,19-22,25-26H,5-16H2,(H,29,33)(H,30,34)(H,35,36)(H,37,38)/t21-,22-,25?,26?/m0/s1. The third-order valence-electron chi connectivity index (χ3n) is 9.19. The maximum absolute atomic E-state index is 12.7. The average Bonchev–Trinajstić information content (AvgIpc) is 2.92. The molecule has 10 heteroatoms. The van der Waals surface area contributed by atoms with Crippen LogP contribution in [0.15, 0.2) is 24.3 Å². The lowest BCUT2D eigenvalue weighted by Gasteiger charge is -2.46. The van der Waals surface area contributed by atoms with Gasteiger partial charge in [-0.2, -0.15) is 0 Å². The maximum atomic E-state index is 12.7. The molecule has 0 saturated carbocycles. The molecule has 4 N–H and O–H groups in total. The molecule has 0 spiro atoms. The van der Waals surface area contributed by atoms with Crippen LogP contribution >= 0.6 is 0 Å². The van der Waals surface area contributed by atoms with E-state index in [-0.39, 0.29) is 36.5 Å². The number of rotatable bonds is 10. The number of hydrogen-bond acceptors (Lipinski definition) is 6. The van der Waals surface area contributed by atoms with Crippen LogP contribution in [0.25, 0.3) is 0 Å². The van der Waals surface area contributed by atoms with E-state index in [2.05, 4.69) is 20.4 Å². The summed E-state index contributed by atoms with van der Waals surface area (Å²) in [6.07, 6.45) is 4.02. The van der Waals surface area contributed by atoms with Crippen molar-refractivity contribution >= 4 is 23.8 Å². The second-order valence-electron chi connectivity index (χ2n) is 11.5. The number of nitrogens with zero attached hydrogens (tertiary/aromatic N) is 2. The first-order valence-corrected chi connectivity index (χ1v) is 13.8. The van der Waals surface area contributed by atoms with Gasteiger partial charge in [-0.15, -0.1) is 0 Å². The van der Waals surface area contributed by atoms with E-state index in [0.29, 0.717) is 24.9 Å². The van der Waals surface area contributed by atoms with Gasteiger partial charge < -0.3 is 30.6 Å². The normalized spacial score (nSPS) is 31.3. The van der Waals surface area contributed by atoms with Crippen LogP contribution in [0.3, 0.4) is 0 Å². The van der Waals surface area contributed by atoms with Gasteiger partial charge in [0.2, 0.25) is 11.8 Å². The topological polar surface area (TPSA) is 139 Å². The molecular weight excluding hydrogens is 488 g/mol. The zero-order valence-electron chi connectivity index (χ0n) is 21.7. The van der Waals surface area contributed by atoms with Gasteiger partial charge in [-0.25, -0.2) is 9.59 Å². The largest absolute Gasteiger partial charge is 0.480 e. The summed E-state index contributed by atoms with van der Waals surface area (Å²) in [4.78, 5) is 53.9. The maximum Gasteiger partial charge on any atom is 0.326 e. The number of carboxylic acids is 2. The number of amides is 2. The van der Waals surface area contributed by atoms with Crippen molar-refractivity contribution in [1.82, 2.24) is 20.4 Å². The van der Waals surface area contributed by atoms with Crippen LogP contribution in [0.4, 0.5) is 0 Å². The highest BCUT2D eigenvalue weighted by Gasteiger charge is 2.43. The quantitative estimate of drug-likeness (QED) is 0.348. The molecule has 1 aromatic carbocycles. The number of carbonyl (C=O) groups is 4. The first kappa shape index (κ1) is 26.6. The molecule has 0 radical (unpaired) electrons. The molecular formula is C28H38N4O6. The zero-order chi connectivity index (χ0) is 26.8. The Morgan fingerprint density at radius 3 is 1.29 bits per heavy atom. The lowest BCUT2D eigenvalue weighted by Crippen LogP contribution is -2.58. The van der Waals surface area contributed by atoms with Gasteiger partial charge in [-0.05, 0) is 74.8 Å². The first-order chi connectivity index (χ1) is 18.3. The second kappa shape index (κ2) is 11.4. The third kappa shape index (κ3) is 6.02. The van der Waals surface area contributed by atoms with Crippen LogP contribution in [0.2, 0.25) is 0 Å². The molecule has 4 atom stereocenters.